The smallest absolute Gasteiger partial charge is 0.261 e. The molecule has 0 bridgehead atoms. The van der Waals surface area contributed by atoms with Crippen LogP contribution in [-0.4, -0.2) is 28.0 Å². The first-order valence-corrected chi connectivity index (χ1v) is 11.2. The Morgan fingerprint density at radius 3 is 2.42 bits per heavy atom. The van der Waals surface area contributed by atoms with E-state index in [1.54, 1.807) is 37.4 Å². The number of methoxy groups -OCH3 is 1. The maximum Gasteiger partial charge on any atom is 0.261 e. The molecule has 3 rings (SSSR count). The molecular weight excluding hydrogens is 416 g/mol. The van der Waals surface area contributed by atoms with Crippen LogP contribution in [0.3, 0.4) is 0 Å². The molecule has 0 spiro atoms. The van der Waals surface area contributed by atoms with E-state index in [-0.39, 0.29) is 17.3 Å². The summed E-state index contributed by atoms with van der Waals surface area (Å²) in [5.41, 5.74) is 1.46. The quantitative estimate of drug-likeness (QED) is 0.528. The van der Waals surface area contributed by atoms with Crippen LogP contribution < -0.4 is 19.5 Å². The summed E-state index contributed by atoms with van der Waals surface area (Å²) >= 11 is 0. The lowest BCUT2D eigenvalue weighted by Gasteiger charge is -2.12. The van der Waals surface area contributed by atoms with Crippen molar-refractivity contribution < 1.29 is 22.7 Å². The number of ether oxygens (including phenoxy) is 2. The van der Waals surface area contributed by atoms with Crippen molar-refractivity contribution in [1.82, 2.24) is 5.32 Å². The van der Waals surface area contributed by atoms with E-state index in [4.69, 9.17) is 9.47 Å². The Morgan fingerprint density at radius 1 is 0.968 bits per heavy atom. The normalized spacial score (nSPS) is 10.9. The van der Waals surface area contributed by atoms with Gasteiger partial charge in [-0.3, -0.25) is 9.52 Å². The van der Waals surface area contributed by atoms with E-state index in [2.05, 4.69) is 10.0 Å². The van der Waals surface area contributed by atoms with Gasteiger partial charge in [0.2, 0.25) is 0 Å². The zero-order valence-electron chi connectivity index (χ0n) is 17.3. The lowest BCUT2D eigenvalue weighted by Crippen LogP contribution is -2.23. The van der Waals surface area contributed by atoms with Crippen LogP contribution in [0.2, 0.25) is 0 Å². The third-order valence-electron chi connectivity index (χ3n) is 4.45. The Bertz CT molecular complexity index is 1140. The Balaban J connectivity index is 1.69. The summed E-state index contributed by atoms with van der Waals surface area (Å²) in [4.78, 5) is 12.7. The molecule has 1 amide bonds. The van der Waals surface area contributed by atoms with Crippen molar-refractivity contribution in [3.63, 3.8) is 0 Å². The summed E-state index contributed by atoms with van der Waals surface area (Å²) in [5.74, 6) is 0.947. The average molecular weight is 441 g/mol. The van der Waals surface area contributed by atoms with Gasteiger partial charge in [0, 0.05) is 23.4 Å². The third-order valence-corrected chi connectivity index (χ3v) is 5.85. The number of carbonyl (C=O) groups is 1. The number of hydrogen-bond donors (Lipinski definition) is 2. The molecule has 0 saturated heterocycles. The molecule has 3 aromatic rings. The highest BCUT2D eigenvalue weighted by Crippen LogP contribution is 2.21. The number of hydrogen-bond acceptors (Lipinski definition) is 5. The van der Waals surface area contributed by atoms with Crippen molar-refractivity contribution in [3.8, 4) is 11.5 Å². The van der Waals surface area contributed by atoms with Crippen LogP contribution in [-0.2, 0) is 16.6 Å². The first-order chi connectivity index (χ1) is 14.9. The molecule has 0 atom stereocenters. The van der Waals surface area contributed by atoms with Crippen molar-refractivity contribution in [2.24, 2.45) is 0 Å². The Hall–Kier alpha value is -3.52. The second kappa shape index (κ2) is 9.99. The molecule has 162 valence electrons. The van der Waals surface area contributed by atoms with Crippen molar-refractivity contribution in [2.75, 3.05) is 18.4 Å². The van der Waals surface area contributed by atoms with Crippen LogP contribution in [0, 0.1) is 0 Å². The maximum absolute atomic E-state index is 12.7. The van der Waals surface area contributed by atoms with Crippen LogP contribution in [0.15, 0.2) is 77.7 Å². The molecule has 0 aliphatic heterocycles. The molecule has 0 unspecified atom stereocenters. The van der Waals surface area contributed by atoms with Crippen LogP contribution >= 0.6 is 0 Å². The van der Waals surface area contributed by atoms with Crippen molar-refractivity contribution in [1.29, 1.82) is 0 Å². The molecule has 0 saturated carbocycles. The molecule has 0 radical (unpaired) electrons. The average Bonchev–Trinajstić information content (AvgIpc) is 2.78. The van der Waals surface area contributed by atoms with E-state index in [9.17, 15) is 13.2 Å². The third kappa shape index (κ3) is 5.76. The number of anilines is 1. The number of rotatable bonds is 9. The SMILES string of the molecule is CCOc1ccc(S(=O)(=O)Nc2cccc(C(=O)NCc3ccccc3OC)c2)cc1. The van der Waals surface area contributed by atoms with Gasteiger partial charge >= 0.3 is 0 Å². The Labute approximate surface area is 182 Å². The minimum Gasteiger partial charge on any atom is -0.496 e. The van der Waals surface area contributed by atoms with Gasteiger partial charge in [-0.05, 0) is 55.5 Å². The number of para-hydroxylation sites is 1. The van der Waals surface area contributed by atoms with Gasteiger partial charge in [0.15, 0.2) is 0 Å². The van der Waals surface area contributed by atoms with E-state index in [1.807, 2.05) is 31.2 Å². The van der Waals surface area contributed by atoms with Crippen LogP contribution in [0.4, 0.5) is 5.69 Å². The van der Waals surface area contributed by atoms with E-state index in [0.717, 1.165) is 5.56 Å². The highest BCUT2D eigenvalue weighted by molar-refractivity contribution is 7.92. The molecule has 7 nitrogen and oxygen atoms in total. The van der Waals surface area contributed by atoms with Gasteiger partial charge in [-0.1, -0.05) is 24.3 Å². The van der Waals surface area contributed by atoms with Gasteiger partial charge in [-0.2, -0.15) is 0 Å². The lowest BCUT2D eigenvalue weighted by atomic mass is 10.1. The molecule has 0 fully saturated rings. The second-order valence-corrected chi connectivity index (χ2v) is 8.27. The molecule has 3 aromatic carbocycles. The Morgan fingerprint density at radius 2 is 1.71 bits per heavy atom. The summed E-state index contributed by atoms with van der Waals surface area (Å²) in [6.07, 6.45) is 0. The molecule has 0 aromatic heterocycles. The van der Waals surface area contributed by atoms with Gasteiger partial charge in [0.05, 0.1) is 18.6 Å². The van der Waals surface area contributed by atoms with E-state index < -0.39 is 10.0 Å². The summed E-state index contributed by atoms with van der Waals surface area (Å²) in [6, 6.07) is 19.8. The van der Waals surface area contributed by atoms with Crippen molar-refractivity contribution >= 4 is 21.6 Å². The summed E-state index contributed by atoms with van der Waals surface area (Å²) in [6.45, 7) is 2.63. The number of nitrogens with one attached hydrogen (secondary N) is 2. The van der Waals surface area contributed by atoms with E-state index >= 15 is 0 Å². The first kappa shape index (κ1) is 22.2. The highest BCUT2D eigenvalue weighted by Gasteiger charge is 2.15. The number of carbonyl (C=O) groups excluding carboxylic acids is 1. The van der Waals surface area contributed by atoms with Crippen LogP contribution in [0.1, 0.15) is 22.8 Å². The molecule has 0 aliphatic rings. The predicted octanol–water partition coefficient (Wildman–Crippen LogP) is 3.82. The number of sulfonamides is 1. The fourth-order valence-electron chi connectivity index (χ4n) is 2.95. The zero-order chi connectivity index (χ0) is 22.3. The standard InChI is InChI=1S/C23H24N2O5S/c1-3-30-20-11-13-21(14-12-20)31(27,28)25-19-9-6-8-17(15-19)23(26)24-16-18-7-4-5-10-22(18)29-2/h4-15,25H,3,16H2,1-2H3,(H,24,26). The second-order valence-electron chi connectivity index (χ2n) is 6.59. The molecule has 31 heavy (non-hydrogen) atoms. The monoisotopic (exact) mass is 440 g/mol. The fourth-order valence-corrected chi connectivity index (χ4v) is 4.00. The largest absolute Gasteiger partial charge is 0.496 e. The number of benzene rings is 3. The topological polar surface area (TPSA) is 93.7 Å². The summed E-state index contributed by atoms with van der Waals surface area (Å²) in [7, 11) is -2.24. The van der Waals surface area contributed by atoms with Crippen LogP contribution in [0.5, 0.6) is 11.5 Å². The Kier molecular flexibility index (Phi) is 7.15. The minimum absolute atomic E-state index is 0.0991. The molecule has 8 heteroatoms. The maximum atomic E-state index is 12.7. The van der Waals surface area contributed by atoms with Gasteiger partial charge in [0.1, 0.15) is 11.5 Å². The summed E-state index contributed by atoms with van der Waals surface area (Å²) in [5, 5.41) is 2.82. The van der Waals surface area contributed by atoms with Crippen LogP contribution in [0.25, 0.3) is 0 Å². The molecular formula is C23H24N2O5S. The van der Waals surface area contributed by atoms with Gasteiger partial charge in [-0.15, -0.1) is 0 Å². The van der Waals surface area contributed by atoms with Gasteiger partial charge in [0.25, 0.3) is 15.9 Å². The molecule has 0 aliphatic carbocycles. The van der Waals surface area contributed by atoms with Crippen molar-refractivity contribution in [2.45, 2.75) is 18.4 Å². The van der Waals surface area contributed by atoms with E-state index in [0.29, 0.717) is 29.4 Å². The summed E-state index contributed by atoms with van der Waals surface area (Å²) < 4.78 is 38.5. The van der Waals surface area contributed by atoms with E-state index in [1.165, 1.54) is 18.2 Å². The first-order valence-electron chi connectivity index (χ1n) is 9.69. The zero-order valence-corrected chi connectivity index (χ0v) is 18.1. The molecule has 0 heterocycles. The lowest BCUT2D eigenvalue weighted by molar-refractivity contribution is 0.0950. The highest BCUT2D eigenvalue weighted by atomic mass is 32.2. The van der Waals surface area contributed by atoms with Gasteiger partial charge < -0.3 is 14.8 Å². The van der Waals surface area contributed by atoms with Crippen molar-refractivity contribution in [3.05, 3.63) is 83.9 Å². The fraction of sp³-hybridized carbons (Fsp3) is 0.174. The molecule has 2 N–H and O–H groups in total. The number of amides is 1. The van der Waals surface area contributed by atoms with Gasteiger partial charge in [-0.25, -0.2) is 8.42 Å². The predicted molar refractivity (Wildman–Crippen MR) is 119 cm³/mol. The minimum atomic E-state index is -3.81.